The van der Waals surface area contributed by atoms with Crippen molar-refractivity contribution in [3.63, 3.8) is 0 Å². The summed E-state index contributed by atoms with van der Waals surface area (Å²) in [5.41, 5.74) is 1.52. The van der Waals surface area contributed by atoms with Crippen LogP contribution in [-0.4, -0.2) is 12.2 Å². The van der Waals surface area contributed by atoms with Crippen molar-refractivity contribution in [2.24, 2.45) is 0 Å². The molecule has 1 unspecified atom stereocenters. The van der Waals surface area contributed by atoms with Crippen LogP contribution in [0.5, 0.6) is 5.75 Å². The number of hydrogen-bond acceptors (Lipinski definition) is 2. The van der Waals surface area contributed by atoms with Crippen molar-refractivity contribution < 1.29 is 18.6 Å². The average molecular weight is 264 g/mol. The molecule has 0 amide bonds. The second-order valence-corrected chi connectivity index (χ2v) is 4.30. The number of halogens is 2. The molecule has 0 radical (unpaired) electrons. The van der Waals surface area contributed by atoms with Crippen LogP contribution in [0.2, 0.25) is 0 Å². The Labute approximate surface area is 110 Å². The molecule has 0 saturated carbocycles. The molecule has 100 valence electrons. The third-order valence-electron chi connectivity index (χ3n) is 3.03. The fraction of sp³-hybridized carbons (Fsp3) is 0.200. The van der Waals surface area contributed by atoms with E-state index >= 15 is 0 Å². The van der Waals surface area contributed by atoms with Crippen LogP contribution in [0.15, 0.2) is 36.4 Å². The summed E-state index contributed by atoms with van der Waals surface area (Å²) in [4.78, 5) is 0. The summed E-state index contributed by atoms with van der Waals surface area (Å²) in [7, 11) is 1.37. The minimum absolute atomic E-state index is 0.104. The van der Waals surface area contributed by atoms with Gasteiger partial charge in [0.25, 0.3) is 0 Å². The van der Waals surface area contributed by atoms with Gasteiger partial charge in [0.05, 0.1) is 7.11 Å². The summed E-state index contributed by atoms with van der Waals surface area (Å²) < 4.78 is 31.6. The lowest BCUT2D eigenvalue weighted by Gasteiger charge is -2.15. The molecule has 0 aromatic heterocycles. The summed E-state index contributed by atoms with van der Waals surface area (Å²) in [6.45, 7) is 1.76. The van der Waals surface area contributed by atoms with Crippen LogP contribution in [-0.2, 0) is 0 Å². The zero-order valence-electron chi connectivity index (χ0n) is 10.7. The Bertz CT molecular complexity index is 597. The van der Waals surface area contributed by atoms with Gasteiger partial charge in [-0.2, -0.15) is 0 Å². The third kappa shape index (κ3) is 2.74. The van der Waals surface area contributed by atoms with E-state index in [2.05, 4.69) is 0 Å². The Morgan fingerprint density at radius 2 is 1.84 bits per heavy atom. The van der Waals surface area contributed by atoms with Crippen molar-refractivity contribution in [2.45, 2.75) is 13.0 Å². The maximum atomic E-state index is 13.6. The van der Waals surface area contributed by atoms with Gasteiger partial charge in [-0.25, -0.2) is 8.78 Å². The van der Waals surface area contributed by atoms with Gasteiger partial charge in [-0.05, 0) is 47.9 Å². The highest BCUT2D eigenvalue weighted by molar-refractivity contribution is 5.38. The van der Waals surface area contributed by atoms with E-state index in [0.29, 0.717) is 11.1 Å². The summed E-state index contributed by atoms with van der Waals surface area (Å²) >= 11 is 0. The Morgan fingerprint density at radius 3 is 2.47 bits per heavy atom. The van der Waals surface area contributed by atoms with Crippen molar-refractivity contribution >= 4 is 0 Å². The summed E-state index contributed by atoms with van der Waals surface area (Å²) in [5, 5.41) is 10.2. The average Bonchev–Trinajstić information content (AvgIpc) is 2.40. The van der Waals surface area contributed by atoms with E-state index < -0.39 is 17.7 Å². The first-order valence-electron chi connectivity index (χ1n) is 5.80. The molecule has 2 nitrogen and oxygen atoms in total. The topological polar surface area (TPSA) is 29.5 Å². The predicted octanol–water partition coefficient (Wildman–Crippen LogP) is 3.36. The van der Waals surface area contributed by atoms with Gasteiger partial charge in [-0.3, -0.25) is 0 Å². The molecule has 1 atom stereocenters. The molecule has 2 aromatic rings. The lowest BCUT2D eigenvalue weighted by molar-refractivity contribution is 0.218. The van der Waals surface area contributed by atoms with Crippen LogP contribution < -0.4 is 4.74 Å². The Hall–Kier alpha value is -1.94. The predicted molar refractivity (Wildman–Crippen MR) is 68.2 cm³/mol. The molecular formula is C15H14F2O2. The SMILES string of the molecule is COc1ccc(C(O)c2cc(F)ccc2C)cc1F. The molecule has 1 N–H and O–H groups in total. The molecule has 0 heterocycles. The van der Waals surface area contributed by atoms with E-state index in [1.165, 1.54) is 31.4 Å². The summed E-state index contributed by atoms with van der Waals surface area (Å²) in [5.74, 6) is -0.895. The molecule has 0 saturated heterocycles. The molecule has 2 rings (SSSR count). The van der Waals surface area contributed by atoms with Crippen LogP contribution in [0, 0.1) is 18.6 Å². The second-order valence-electron chi connectivity index (χ2n) is 4.30. The van der Waals surface area contributed by atoms with Crippen molar-refractivity contribution in [1.29, 1.82) is 0 Å². The van der Waals surface area contributed by atoms with Gasteiger partial charge in [0.2, 0.25) is 0 Å². The van der Waals surface area contributed by atoms with E-state index in [9.17, 15) is 13.9 Å². The highest BCUT2D eigenvalue weighted by atomic mass is 19.1. The van der Waals surface area contributed by atoms with Gasteiger partial charge in [0.15, 0.2) is 11.6 Å². The summed E-state index contributed by atoms with van der Waals surface area (Å²) in [6.07, 6.45) is -1.07. The van der Waals surface area contributed by atoms with Crippen molar-refractivity contribution in [2.75, 3.05) is 7.11 Å². The van der Waals surface area contributed by atoms with Gasteiger partial charge in [0.1, 0.15) is 11.9 Å². The van der Waals surface area contributed by atoms with E-state index in [1.54, 1.807) is 19.1 Å². The summed E-state index contributed by atoms with van der Waals surface area (Å²) in [6, 6.07) is 8.32. The monoisotopic (exact) mass is 264 g/mol. The van der Waals surface area contributed by atoms with Crippen LogP contribution in [0.4, 0.5) is 8.78 Å². The van der Waals surface area contributed by atoms with Crippen molar-refractivity contribution in [3.05, 3.63) is 64.7 Å². The van der Waals surface area contributed by atoms with Crippen LogP contribution in [0.1, 0.15) is 22.8 Å². The molecule has 0 aliphatic carbocycles. The standard InChI is InChI=1S/C15H14F2O2/c1-9-3-5-11(16)8-12(9)15(18)10-4-6-14(19-2)13(17)7-10/h3-8,15,18H,1-2H3. The lowest BCUT2D eigenvalue weighted by Crippen LogP contribution is -2.03. The minimum atomic E-state index is -1.07. The number of benzene rings is 2. The van der Waals surface area contributed by atoms with Gasteiger partial charge in [-0.1, -0.05) is 12.1 Å². The molecule has 0 aliphatic heterocycles. The van der Waals surface area contributed by atoms with Crippen molar-refractivity contribution in [1.82, 2.24) is 0 Å². The normalized spacial score (nSPS) is 12.3. The number of aryl methyl sites for hydroxylation is 1. The number of hydrogen-bond donors (Lipinski definition) is 1. The van der Waals surface area contributed by atoms with Crippen LogP contribution >= 0.6 is 0 Å². The maximum absolute atomic E-state index is 13.6. The highest BCUT2D eigenvalue weighted by Gasteiger charge is 2.15. The van der Waals surface area contributed by atoms with Crippen LogP contribution in [0.25, 0.3) is 0 Å². The molecule has 0 fully saturated rings. The molecule has 4 heteroatoms. The zero-order valence-corrected chi connectivity index (χ0v) is 10.7. The quantitative estimate of drug-likeness (QED) is 0.921. The Kier molecular flexibility index (Phi) is 3.81. The van der Waals surface area contributed by atoms with Gasteiger partial charge < -0.3 is 9.84 Å². The van der Waals surface area contributed by atoms with E-state index in [4.69, 9.17) is 4.74 Å². The Balaban J connectivity index is 2.41. The Morgan fingerprint density at radius 1 is 1.11 bits per heavy atom. The molecule has 0 spiro atoms. The highest BCUT2D eigenvalue weighted by Crippen LogP contribution is 2.28. The molecule has 2 aromatic carbocycles. The first-order valence-corrected chi connectivity index (χ1v) is 5.80. The van der Waals surface area contributed by atoms with E-state index in [0.717, 1.165) is 5.56 Å². The number of aliphatic hydroxyl groups is 1. The maximum Gasteiger partial charge on any atom is 0.165 e. The van der Waals surface area contributed by atoms with Crippen molar-refractivity contribution in [3.8, 4) is 5.75 Å². The van der Waals surface area contributed by atoms with Gasteiger partial charge >= 0.3 is 0 Å². The molecule has 0 bridgehead atoms. The molecule has 0 aliphatic rings. The third-order valence-corrected chi connectivity index (χ3v) is 3.03. The fourth-order valence-corrected chi connectivity index (χ4v) is 1.94. The minimum Gasteiger partial charge on any atom is -0.494 e. The lowest BCUT2D eigenvalue weighted by atomic mass is 9.97. The largest absolute Gasteiger partial charge is 0.494 e. The van der Waals surface area contributed by atoms with E-state index in [-0.39, 0.29) is 5.75 Å². The molecular weight excluding hydrogens is 250 g/mol. The zero-order chi connectivity index (χ0) is 14.0. The first kappa shape index (κ1) is 13.5. The van der Waals surface area contributed by atoms with E-state index in [1.807, 2.05) is 0 Å². The number of rotatable bonds is 3. The van der Waals surface area contributed by atoms with Gasteiger partial charge in [-0.15, -0.1) is 0 Å². The van der Waals surface area contributed by atoms with Gasteiger partial charge in [0, 0.05) is 0 Å². The van der Waals surface area contributed by atoms with Crippen LogP contribution in [0.3, 0.4) is 0 Å². The number of ether oxygens (including phenoxy) is 1. The fourth-order valence-electron chi connectivity index (χ4n) is 1.94. The smallest absolute Gasteiger partial charge is 0.165 e. The molecule has 19 heavy (non-hydrogen) atoms. The number of methoxy groups -OCH3 is 1. The second kappa shape index (κ2) is 5.36. The number of aliphatic hydroxyl groups excluding tert-OH is 1. The first-order chi connectivity index (χ1) is 9.02.